The van der Waals surface area contributed by atoms with E-state index in [1.54, 1.807) is 6.92 Å². The SMILES string of the molecule is CCc1cc(C(=O)NS(=O)(=O)C(C)C)c(F)cc1OC[C@H]1CCCN1c1ccc(C(F)(F)F)cn1. The fraction of sp³-hybridized carbons (Fsp3) is 0.478. The molecule has 192 valence electrons. The zero-order valence-corrected chi connectivity index (χ0v) is 20.3. The van der Waals surface area contributed by atoms with Crippen molar-refractivity contribution in [3.8, 4) is 5.75 Å². The smallest absolute Gasteiger partial charge is 0.417 e. The summed E-state index contributed by atoms with van der Waals surface area (Å²) in [6, 6.07) is 4.42. The van der Waals surface area contributed by atoms with Gasteiger partial charge in [0, 0.05) is 18.8 Å². The van der Waals surface area contributed by atoms with Crippen molar-refractivity contribution in [1.29, 1.82) is 0 Å². The van der Waals surface area contributed by atoms with Crippen LogP contribution in [0.1, 0.15) is 55.1 Å². The number of carbonyl (C=O) groups is 1. The highest BCUT2D eigenvalue weighted by molar-refractivity contribution is 7.90. The second-order valence-corrected chi connectivity index (χ2v) is 10.8. The normalized spacial score (nSPS) is 16.6. The monoisotopic (exact) mass is 517 g/mol. The Labute approximate surface area is 201 Å². The Balaban J connectivity index is 1.74. The van der Waals surface area contributed by atoms with Crippen molar-refractivity contribution in [3.05, 3.63) is 53.0 Å². The van der Waals surface area contributed by atoms with Crippen LogP contribution in [0.5, 0.6) is 5.75 Å². The fourth-order valence-corrected chi connectivity index (χ4v) is 4.31. The number of rotatable bonds is 8. The molecule has 1 atom stereocenters. The molecule has 1 N–H and O–H groups in total. The van der Waals surface area contributed by atoms with Gasteiger partial charge in [-0.15, -0.1) is 0 Å². The Morgan fingerprint density at radius 1 is 1.29 bits per heavy atom. The zero-order valence-electron chi connectivity index (χ0n) is 19.5. The molecule has 35 heavy (non-hydrogen) atoms. The summed E-state index contributed by atoms with van der Waals surface area (Å²) in [5.41, 5.74) is -0.729. The number of alkyl halides is 3. The summed E-state index contributed by atoms with van der Waals surface area (Å²) in [6.45, 7) is 5.29. The molecule has 0 unspecified atom stereocenters. The summed E-state index contributed by atoms with van der Waals surface area (Å²) in [4.78, 5) is 18.2. The van der Waals surface area contributed by atoms with Gasteiger partial charge in [0.15, 0.2) is 0 Å². The standard InChI is InChI=1S/C23H27F4N3O4S/c1-4-15-10-18(22(31)29-35(32,33)14(2)3)19(24)11-20(15)34-13-17-6-5-9-30(17)21-8-7-16(12-28-21)23(25,26)27/h7-8,10-12,14,17H,4-6,9,13H2,1-3H3,(H,29,31)/t17-/m1/s1. The number of benzene rings is 1. The van der Waals surface area contributed by atoms with Crippen LogP contribution in [0.15, 0.2) is 30.5 Å². The van der Waals surface area contributed by atoms with Crippen LogP contribution in [0.25, 0.3) is 0 Å². The Morgan fingerprint density at radius 2 is 2.00 bits per heavy atom. The topological polar surface area (TPSA) is 88.6 Å². The molecule has 7 nitrogen and oxygen atoms in total. The van der Waals surface area contributed by atoms with Crippen molar-refractivity contribution in [2.75, 3.05) is 18.1 Å². The average molecular weight is 518 g/mol. The lowest BCUT2D eigenvalue weighted by atomic mass is 10.1. The third-order valence-corrected chi connectivity index (χ3v) is 7.52. The molecule has 1 aliphatic rings. The second kappa shape index (κ2) is 10.4. The first-order valence-corrected chi connectivity index (χ1v) is 12.7. The minimum Gasteiger partial charge on any atom is -0.491 e. The van der Waals surface area contributed by atoms with E-state index in [0.29, 0.717) is 30.8 Å². The van der Waals surface area contributed by atoms with Crippen LogP contribution in [0, 0.1) is 5.82 Å². The number of aryl methyl sites for hydroxylation is 1. The highest BCUT2D eigenvalue weighted by Gasteiger charge is 2.32. The number of halogens is 4. The molecule has 2 heterocycles. The number of nitrogens with zero attached hydrogens (tertiary/aromatic N) is 2. The van der Waals surface area contributed by atoms with Gasteiger partial charge < -0.3 is 9.64 Å². The molecule has 1 fully saturated rings. The molecule has 0 spiro atoms. The van der Waals surface area contributed by atoms with E-state index in [0.717, 1.165) is 24.8 Å². The van der Waals surface area contributed by atoms with E-state index in [-0.39, 0.29) is 18.4 Å². The molecule has 1 aliphatic heterocycles. The number of sulfonamides is 1. The number of amides is 1. The number of ether oxygens (including phenoxy) is 1. The van der Waals surface area contributed by atoms with E-state index in [2.05, 4.69) is 4.98 Å². The van der Waals surface area contributed by atoms with Crippen molar-refractivity contribution >= 4 is 21.7 Å². The van der Waals surface area contributed by atoms with E-state index >= 15 is 0 Å². The van der Waals surface area contributed by atoms with Crippen molar-refractivity contribution in [2.24, 2.45) is 0 Å². The third-order valence-electron chi connectivity index (χ3n) is 5.81. The van der Waals surface area contributed by atoms with Crippen LogP contribution in [0.2, 0.25) is 0 Å². The lowest BCUT2D eigenvalue weighted by Crippen LogP contribution is -2.36. The first-order valence-electron chi connectivity index (χ1n) is 11.1. The van der Waals surface area contributed by atoms with Gasteiger partial charge in [0.25, 0.3) is 5.91 Å². The molecule has 0 saturated carbocycles. The maximum Gasteiger partial charge on any atom is 0.417 e. The highest BCUT2D eigenvalue weighted by atomic mass is 32.2. The van der Waals surface area contributed by atoms with Gasteiger partial charge in [0.1, 0.15) is 24.0 Å². The van der Waals surface area contributed by atoms with Gasteiger partial charge in [0.05, 0.1) is 22.4 Å². The molecule has 12 heteroatoms. The Hall–Kier alpha value is -2.89. The molecule has 1 saturated heterocycles. The van der Waals surface area contributed by atoms with Crippen LogP contribution in [-0.4, -0.2) is 43.8 Å². The van der Waals surface area contributed by atoms with E-state index < -0.39 is 44.3 Å². The summed E-state index contributed by atoms with van der Waals surface area (Å²) in [5.74, 6) is -1.39. The molecular formula is C23H27F4N3O4S. The van der Waals surface area contributed by atoms with Gasteiger partial charge in [0.2, 0.25) is 10.0 Å². The zero-order chi connectivity index (χ0) is 26.0. The van der Waals surface area contributed by atoms with Crippen molar-refractivity contribution < 1.29 is 35.5 Å². The van der Waals surface area contributed by atoms with Crippen molar-refractivity contribution in [3.63, 3.8) is 0 Å². The lowest BCUT2D eigenvalue weighted by Gasteiger charge is -2.26. The van der Waals surface area contributed by atoms with Crippen LogP contribution < -0.4 is 14.4 Å². The number of aromatic nitrogens is 1. The molecule has 1 amide bonds. The first-order chi connectivity index (χ1) is 16.3. The number of pyridine rings is 1. The lowest BCUT2D eigenvalue weighted by molar-refractivity contribution is -0.137. The van der Waals surface area contributed by atoms with E-state index in [1.165, 1.54) is 26.0 Å². The van der Waals surface area contributed by atoms with E-state index in [9.17, 15) is 30.8 Å². The van der Waals surface area contributed by atoms with Crippen LogP contribution >= 0.6 is 0 Å². The number of carbonyl (C=O) groups excluding carboxylic acids is 1. The first kappa shape index (κ1) is 26.7. The van der Waals surface area contributed by atoms with Crippen molar-refractivity contribution in [1.82, 2.24) is 9.71 Å². The Morgan fingerprint density at radius 3 is 2.57 bits per heavy atom. The van der Waals surface area contributed by atoms with Gasteiger partial charge in [-0.1, -0.05) is 6.92 Å². The van der Waals surface area contributed by atoms with E-state index in [1.807, 2.05) is 9.62 Å². The van der Waals surface area contributed by atoms with Gasteiger partial charge in [-0.2, -0.15) is 13.2 Å². The maximum atomic E-state index is 14.7. The number of hydrogen-bond donors (Lipinski definition) is 1. The van der Waals surface area contributed by atoms with Gasteiger partial charge in [-0.25, -0.2) is 22.5 Å². The van der Waals surface area contributed by atoms with Gasteiger partial charge in [-0.3, -0.25) is 4.79 Å². The van der Waals surface area contributed by atoms with Gasteiger partial charge >= 0.3 is 6.18 Å². The molecule has 2 aromatic rings. The summed E-state index contributed by atoms with van der Waals surface area (Å²) < 4.78 is 84.8. The molecule has 0 bridgehead atoms. The van der Waals surface area contributed by atoms with Gasteiger partial charge in [-0.05, 0) is 56.9 Å². The number of hydrogen-bond acceptors (Lipinski definition) is 6. The fourth-order valence-electron chi connectivity index (χ4n) is 3.71. The van der Waals surface area contributed by atoms with Crippen LogP contribution in [0.4, 0.5) is 23.4 Å². The summed E-state index contributed by atoms with van der Waals surface area (Å²) in [5, 5.41) is -0.865. The third kappa shape index (κ3) is 6.22. The number of anilines is 1. The minimum absolute atomic E-state index is 0.127. The Bertz CT molecular complexity index is 1170. The molecule has 3 rings (SSSR count). The summed E-state index contributed by atoms with van der Waals surface area (Å²) in [6.07, 6.45) is -1.79. The Kier molecular flexibility index (Phi) is 7.93. The highest BCUT2D eigenvalue weighted by Crippen LogP contribution is 2.31. The molecule has 1 aromatic heterocycles. The predicted molar refractivity (Wildman–Crippen MR) is 122 cm³/mol. The molecule has 1 aromatic carbocycles. The quantitative estimate of drug-likeness (QED) is 0.525. The molecule has 0 radical (unpaired) electrons. The summed E-state index contributed by atoms with van der Waals surface area (Å²) >= 11 is 0. The molecule has 0 aliphatic carbocycles. The maximum absolute atomic E-state index is 14.7. The second-order valence-electron chi connectivity index (χ2n) is 8.52. The predicted octanol–water partition coefficient (Wildman–Crippen LogP) is 4.32. The van der Waals surface area contributed by atoms with E-state index in [4.69, 9.17) is 4.74 Å². The molecular weight excluding hydrogens is 490 g/mol. The van der Waals surface area contributed by atoms with Crippen molar-refractivity contribution in [2.45, 2.75) is 57.5 Å². The summed E-state index contributed by atoms with van der Waals surface area (Å²) in [7, 11) is -3.93. The minimum atomic E-state index is -4.47. The van der Waals surface area contributed by atoms with Crippen LogP contribution in [-0.2, 0) is 22.6 Å². The number of nitrogens with one attached hydrogen (secondary N) is 1. The average Bonchev–Trinajstić information content (AvgIpc) is 3.25. The van der Waals surface area contributed by atoms with Crippen LogP contribution in [0.3, 0.4) is 0 Å². The largest absolute Gasteiger partial charge is 0.491 e.